The van der Waals surface area contributed by atoms with Gasteiger partial charge in [-0.1, -0.05) is 156 Å². The van der Waals surface area contributed by atoms with Crippen LogP contribution in [0.1, 0.15) is 68.0 Å². The molecular weight excluding hydrogens is 784 g/mol. The molecule has 0 radical (unpaired) electrons. The fraction of sp³-hybridized carbons (Fsp3) is 0.161. The first-order valence-corrected chi connectivity index (χ1v) is 23.3. The highest BCUT2D eigenvalue weighted by atomic mass is 15.2. The minimum atomic E-state index is -0.176. The van der Waals surface area contributed by atoms with Crippen LogP contribution in [0.2, 0.25) is 0 Å². The predicted octanol–water partition coefficient (Wildman–Crippen LogP) is 15.4. The molecule has 0 N–H and O–H groups in total. The number of rotatable bonds is 4. The maximum atomic E-state index is 2.68. The van der Waals surface area contributed by atoms with Gasteiger partial charge in [-0.05, 0) is 175 Å². The molecule has 9 aromatic rings. The molecule has 2 aliphatic heterocycles. The molecule has 0 fully saturated rings. The van der Waals surface area contributed by atoms with E-state index < -0.39 is 0 Å². The summed E-state index contributed by atoms with van der Waals surface area (Å²) in [5.74, 6) is 0. The van der Waals surface area contributed by atoms with Crippen molar-refractivity contribution >= 4 is 57.0 Å². The molecule has 1 aliphatic carbocycles. The molecule has 2 nitrogen and oxygen atoms in total. The van der Waals surface area contributed by atoms with Crippen molar-refractivity contribution in [2.24, 2.45) is 0 Å². The summed E-state index contributed by atoms with van der Waals surface area (Å²) in [6, 6.07) is 67.2. The van der Waals surface area contributed by atoms with E-state index in [9.17, 15) is 0 Å². The van der Waals surface area contributed by atoms with E-state index in [0.29, 0.717) is 0 Å². The summed E-state index contributed by atoms with van der Waals surface area (Å²) in [6.45, 7) is 18.5. The molecule has 12 rings (SSSR count). The third-order valence-corrected chi connectivity index (χ3v) is 14.9. The Morgan fingerprint density at radius 2 is 1.14 bits per heavy atom. The second-order valence-corrected chi connectivity index (χ2v) is 20.3. The van der Waals surface area contributed by atoms with Crippen molar-refractivity contribution in [3.8, 4) is 44.5 Å². The molecule has 65 heavy (non-hydrogen) atoms. The highest BCUT2D eigenvalue weighted by Crippen LogP contribution is 2.54. The van der Waals surface area contributed by atoms with Crippen molar-refractivity contribution in [3.05, 3.63) is 209 Å². The van der Waals surface area contributed by atoms with E-state index in [1.165, 1.54) is 128 Å². The van der Waals surface area contributed by atoms with Crippen LogP contribution < -0.4 is 20.6 Å². The smallest absolute Gasteiger partial charge is 0.333 e. The van der Waals surface area contributed by atoms with Crippen LogP contribution in [0.25, 0.3) is 55.3 Å². The van der Waals surface area contributed by atoms with Crippen molar-refractivity contribution in [2.45, 2.75) is 66.2 Å². The third kappa shape index (κ3) is 5.94. The Morgan fingerprint density at radius 1 is 0.446 bits per heavy atom. The number of anilines is 5. The lowest BCUT2D eigenvalue weighted by Crippen LogP contribution is -2.61. The predicted molar refractivity (Wildman–Crippen MR) is 279 cm³/mol. The van der Waals surface area contributed by atoms with E-state index in [2.05, 4.69) is 241 Å². The molecule has 3 heteroatoms. The summed E-state index contributed by atoms with van der Waals surface area (Å²) in [7, 11) is 0. The molecule has 0 saturated carbocycles. The molecule has 0 amide bonds. The average molecular weight is 837 g/mol. The first-order valence-electron chi connectivity index (χ1n) is 23.3. The van der Waals surface area contributed by atoms with Crippen molar-refractivity contribution in [1.82, 2.24) is 0 Å². The van der Waals surface area contributed by atoms with Crippen LogP contribution in [0.15, 0.2) is 176 Å². The summed E-state index contributed by atoms with van der Waals surface area (Å²) >= 11 is 0. The molecule has 0 saturated heterocycles. The van der Waals surface area contributed by atoms with Crippen molar-refractivity contribution in [2.75, 3.05) is 9.71 Å². The van der Waals surface area contributed by atoms with Crippen LogP contribution in [0.4, 0.5) is 28.4 Å². The maximum absolute atomic E-state index is 2.68. The number of hydrogen-bond acceptors (Lipinski definition) is 2. The molecule has 3 aliphatic rings. The molecule has 0 atom stereocenters. The lowest BCUT2D eigenvalue weighted by atomic mass is 9.43. The zero-order valence-electron chi connectivity index (χ0n) is 38.7. The fourth-order valence-corrected chi connectivity index (χ4v) is 11.6. The van der Waals surface area contributed by atoms with E-state index in [0.717, 1.165) is 0 Å². The lowest BCUT2D eigenvalue weighted by molar-refractivity contribution is 0.590. The Kier molecular flexibility index (Phi) is 8.63. The van der Waals surface area contributed by atoms with E-state index in [4.69, 9.17) is 0 Å². The van der Waals surface area contributed by atoms with E-state index in [1.54, 1.807) is 0 Å². The summed E-state index contributed by atoms with van der Waals surface area (Å²) < 4.78 is 0. The third-order valence-electron chi connectivity index (χ3n) is 14.9. The zero-order chi connectivity index (χ0) is 44.5. The van der Waals surface area contributed by atoms with Crippen LogP contribution in [-0.2, 0) is 10.8 Å². The van der Waals surface area contributed by atoms with Crippen LogP contribution in [0.5, 0.6) is 0 Å². The van der Waals surface area contributed by atoms with Crippen LogP contribution in [0, 0.1) is 20.8 Å². The number of benzene rings is 9. The van der Waals surface area contributed by atoms with Gasteiger partial charge in [-0.15, -0.1) is 0 Å². The van der Waals surface area contributed by atoms with Gasteiger partial charge in [0.25, 0.3) is 0 Å². The van der Waals surface area contributed by atoms with Gasteiger partial charge in [-0.3, -0.25) is 0 Å². The number of fused-ring (bicyclic) bond motifs is 8. The molecule has 0 unspecified atom stereocenters. The van der Waals surface area contributed by atoms with E-state index >= 15 is 0 Å². The molecule has 0 bridgehead atoms. The van der Waals surface area contributed by atoms with Gasteiger partial charge in [-0.2, -0.15) is 0 Å². The standard InChI is InChI=1S/C62H53BN2/c1-38-17-16-18-39(2)59(38)45-33-51-50-32-42-21-12-13-22-43(42)34-56(50)65(47-28-26-46(27-29-47)61(4,5)6)63-54-36-49-48-23-14-15-24-52(48)62(7,8)53(49)37-57(54)64(58(35-45)60(51)63)55-30-25-44(31-40(55)3)41-19-10-9-11-20-41/h9-37H,1-8H3. The van der Waals surface area contributed by atoms with Crippen LogP contribution in [0.3, 0.4) is 0 Å². The summed E-state index contributed by atoms with van der Waals surface area (Å²) in [5, 5.41) is 2.49. The topological polar surface area (TPSA) is 6.48 Å². The highest BCUT2D eigenvalue weighted by molar-refractivity contribution is 6.93. The van der Waals surface area contributed by atoms with Crippen molar-refractivity contribution < 1.29 is 0 Å². The molecule has 2 heterocycles. The van der Waals surface area contributed by atoms with Gasteiger partial charge in [0.05, 0.1) is 0 Å². The van der Waals surface area contributed by atoms with Gasteiger partial charge >= 0.3 is 6.85 Å². The van der Waals surface area contributed by atoms with Crippen molar-refractivity contribution in [3.63, 3.8) is 0 Å². The highest BCUT2D eigenvalue weighted by Gasteiger charge is 2.48. The fourth-order valence-electron chi connectivity index (χ4n) is 11.6. The quantitative estimate of drug-likeness (QED) is 0.163. The molecular formula is C62H53BN2. The Bertz CT molecular complexity index is 3410. The minimum Gasteiger partial charge on any atom is -0.376 e. The first kappa shape index (κ1) is 39.5. The molecule has 9 aromatic carbocycles. The van der Waals surface area contributed by atoms with Gasteiger partial charge < -0.3 is 9.71 Å². The summed E-state index contributed by atoms with van der Waals surface area (Å²) in [4.78, 5) is 5.32. The van der Waals surface area contributed by atoms with Gasteiger partial charge in [-0.25, -0.2) is 0 Å². The summed E-state index contributed by atoms with van der Waals surface area (Å²) in [6.07, 6.45) is 0. The van der Waals surface area contributed by atoms with Gasteiger partial charge in [0.15, 0.2) is 0 Å². The van der Waals surface area contributed by atoms with E-state index in [-0.39, 0.29) is 17.7 Å². The van der Waals surface area contributed by atoms with Crippen LogP contribution >= 0.6 is 0 Å². The largest absolute Gasteiger partial charge is 0.376 e. The number of nitrogens with zero attached hydrogens (tertiary/aromatic N) is 2. The van der Waals surface area contributed by atoms with E-state index in [1.807, 2.05) is 0 Å². The Balaban J connectivity index is 1.23. The Labute approximate surface area is 385 Å². The molecule has 0 aromatic heterocycles. The SMILES string of the molecule is Cc1cc(-c2ccccc2)ccc1N1c2cc3c(cc2B2c4c(cc(-c5c(C)cccc5C)cc41)-c1cc4ccccc4cc1N2c1ccc(C(C)(C)C)cc1)-c1ccccc1C3(C)C. The second kappa shape index (κ2) is 14.2. The number of aryl methyl sites for hydroxylation is 3. The normalized spacial score (nSPS) is 14.2. The lowest BCUT2D eigenvalue weighted by Gasteiger charge is -2.47. The van der Waals surface area contributed by atoms with Crippen LogP contribution in [-0.4, -0.2) is 6.85 Å². The average Bonchev–Trinajstić information content (AvgIpc) is 3.53. The minimum absolute atomic E-state index is 0.0328. The number of hydrogen-bond donors (Lipinski definition) is 0. The first-order chi connectivity index (χ1) is 31.4. The Hall–Kier alpha value is -7.10. The zero-order valence-corrected chi connectivity index (χ0v) is 38.7. The second-order valence-electron chi connectivity index (χ2n) is 20.3. The van der Waals surface area contributed by atoms with Gasteiger partial charge in [0.2, 0.25) is 0 Å². The Morgan fingerprint density at radius 3 is 1.86 bits per heavy atom. The summed E-state index contributed by atoms with van der Waals surface area (Å²) in [5.41, 5.74) is 26.7. The maximum Gasteiger partial charge on any atom is 0.333 e. The van der Waals surface area contributed by atoms with Gasteiger partial charge in [0.1, 0.15) is 0 Å². The monoisotopic (exact) mass is 836 g/mol. The molecule has 314 valence electrons. The van der Waals surface area contributed by atoms with Gasteiger partial charge in [0, 0.05) is 39.4 Å². The molecule has 0 spiro atoms. The van der Waals surface area contributed by atoms with Crippen molar-refractivity contribution in [1.29, 1.82) is 0 Å².